The molecule has 0 heterocycles. The Labute approximate surface area is 97.7 Å². The summed E-state index contributed by atoms with van der Waals surface area (Å²) in [5.74, 6) is -2.54. The Hall–Kier alpha value is -1.91. The van der Waals surface area contributed by atoms with Crippen LogP contribution in [-0.2, 0) is 9.59 Å². The van der Waals surface area contributed by atoms with E-state index < -0.39 is 17.8 Å². The van der Waals surface area contributed by atoms with Crippen molar-refractivity contribution in [2.45, 2.75) is 6.42 Å². The van der Waals surface area contributed by atoms with E-state index in [0.717, 1.165) is 0 Å². The van der Waals surface area contributed by atoms with Crippen molar-refractivity contribution in [3.05, 3.63) is 30.1 Å². The van der Waals surface area contributed by atoms with Gasteiger partial charge < -0.3 is 10.0 Å². The molecule has 1 fully saturated rings. The normalized spacial score (nSPS) is 22.0. The van der Waals surface area contributed by atoms with Crippen molar-refractivity contribution in [3.63, 3.8) is 0 Å². The number of anilines is 1. The second-order valence-corrected chi connectivity index (χ2v) is 4.16. The fourth-order valence-corrected chi connectivity index (χ4v) is 1.78. The summed E-state index contributed by atoms with van der Waals surface area (Å²) >= 11 is 0. The van der Waals surface area contributed by atoms with Gasteiger partial charge in [0.25, 0.3) is 0 Å². The van der Waals surface area contributed by atoms with Gasteiger partial charge in [-0.25, -0.2) is 4.39 Å². The zero-order valence-electron chi connectivity index (χ0n) is 9.26. The predicted octanol–water partition coefficient (Wildman–Crippen LogP) is 1.51. The number of carboxylic acids is 1. The van der Waals surface area contributed by atoms with Crippen LogP contribution in [0.2, 0.25) is 0 Å². The van der Waals surface area contributed by atoms with E-state index in [1.807, 2.05) is 0 Å². The lowest BCUT2D eigenvalue weighted by Crippen LogP contribution is -2.28. The van der Waals surface area contributed by atoms with E-state index in [-0.39, 0.29) is 11.7 Å². The third kappa shape index (κ3) is 2.27. The molecule has 2 unspecified atom stereocenters. The molecular weight excluding hydrogens is 225 g/mol. The van der Waals surface area contributed by atoms with Gasteiger partial charge in [0.05, 0.1) is 11.8 Å². The molecule has 0 spiro atoms. The molecule has 5 heteroatoms. The molecule has 2 atom stereocenters. The highest BCUT2D eigenvalue weighted by atomic mass is 19.1. The summed E-state index contributed by atoms with van der Waals surface area (Å²) in [6.07, 6.45) is 0.389. The van der Waals surface area contributed by atoms with Gasteiger partial charge in [0, 0.05) is 12.7 Å². The fraction of sp³-hybridized carbons (Fsp3) is 0.333. The molecule has 1 aromatic rings. The Morgan fingerprint density at radius 1 is 1.29 bits per heavy atom. The van der Waals surface area contributed by atoms with E-state index in [2.05, 4.69) is 0 Å². The van der Waals surface area contributed by atoms with E-state index >= 15 is 0 Å². The van der Waals surface area contributed by atoms with Crippen LogP contribution in [-0.4, -0.2) is 24.0 Å². The Bertz CT molecular complexity index is 457. The monoisotopic (exact) mass is 237 g/mol. The largest absolute Gasteiger partial charge is 0.481 e. The van der Waals surface area contributed by atoms with E-state index in [0.29, 0.717) is 12.1 Å². The van der Waals surface area contributed by atoms with Crippen LogP contribution < -0.4 is 4.90 Å². The van der Waals surface area contributed by atoms with Crippen LogP contribution in [0.1, 0.15) is 6.42 Å². The van der Waals surface area contributed by atoms with Gasteiger partial charge in [0.2, 0.25) is 5.91 Å². The molecule has 2 rings (SSSR count). The molecule has 1 amide bonds. The van der Waals surface area contributed by atoms with Crippen molar-refractivity contribution in [1.82, 2.24) is 0 Å². The van der Waals surface area contributed by atoms with Crippen LogP contribution in [0.15, 0.2) is 24.3 Å². The Morgan fingerprint density at radius 3 is 2.35 bits per heavy atom. The Balaban J connectivity index is 2.06. The lowest BCUT2D eigenvalue weighted by Gasteiger charge is -2.17. The first kappa shape index (κ1) is 11.6. The summed E-state index contributed by atoms with van der Waals surface area (Å²) in [5.41, 5.74) is 0.562. The molecule has 1 saturated carbocycles. The summed E-state index contributed by atoms with van der Waals surface area (Å²) in [4.78, 5) is 23.9. The second-order valence-electron chi connectivity index (χ2n) is 4.16. The first-order valence-corrected chi connectivity index (χ1v) is 5.26. The highest BCUT2D eigenvalue weighted by molar-refractivity contribution is 5.99. The molecular formula is C12H12FNO3. The van der Waals surface area contributed by atoms with Crippen molar-refractivity contribution in [1.29, 1.82) is 0 Å². The summed E-state index contributed by atoms with van der Waals surface area (Å²) in [5, 5.41) is 8.74. The topological polar surface area (TPSA) is 57.6 Å². The number of nitrogens with zero attached hydrogens (tertiary/aromatic N) is 1. The van der Waals surface area contributed by atoms with Gasteiger partial charge in [-0.3, -0.25) is 9.59 Å². The number of hydrogen-bond acceptors (Lipinski definition) is 2. The molecule has 1 aromatic carbocycles. The maximum atomic E-state index is 12.7. The Kier molecular flexibility index (Phi) is 2.83. The zero-order valence-corrected chi connectivity index (χ0v) is 9.26. The number of aliphatic carboxylic acids is 1. The van der Waals surface area contributed by atoms with E-state index in [4.69, 9.17) is 5.11 Å². The quantitative estimate of drug-likeness (QED) is 0.866. The molecule has 0 bridgehead atoms. The van der Waals surface area contributed by atoms with E-state index in [9.17, 15) is 14.0 Å². The van der Waals surface area contributed by atoms with Gasteiger partial charge in [0.1, 0.15) is 5.82 Å². The minimum atomic E-state index is -0.934. The van der Waals surface area contributed by atoms with Gasteiger partial charge >= 0.3 is 5.97 Å². The van der Waals surface area contributed by atoms with Gasteiger partial charge in [0.15, 0.2) is 0 Å². The SMILES string of the molecule is CN(C(=O)C1CC1C(=O)O)c1ccc(F)cc1. The van der Waals surface area contributed by atoms with Crippen LogP contribution in [0, 0.1) is 17.7 Å². The molecule has 17 heavy (non-hydrogen) atoms. The molecule has 0 aromatic heterocycles. The smallest absolute Gasteiger partial charge is 0.307 e. The zero-order chi connectivity index (χ0) is 12.6. The molecule has 0 aliphatic heterocycles. The molecule has 4 nitrogen and oxygen atoms in total. The number of rotatable bonds is 3. The standard InChI is InChI=1S/C12H12FNO3/c1-14(8-4-2-7(13)3-5-8)11(15)9-6-10(9)12(16)17/h2-5,9-10H,6H2,1H3,(H,16,17). The number of carbonyl (C=O) groups excluding carboxylic acids is 1. The van der Waals surface area contributed by atoms with Crippen molar-refractivity contribution in [3.8, 4) is 0 Å². The predicted molar refractivity (Wildman–Crippen MR) is 59.0 cm³/mol. The maximum Gasteiger partial charge on any atom is 0.307 e. The Morgan fingerprint density at radius 2 is 1.88 bits per heavy atom. The number of benzene rings is 1. The molecule has 90 valence electrons. The van der Waals surface area contributed by atoms with Gasteiger partial charge in [-0.2, -0.15) is 0 Å². The number of halogens is 1. The van der Waals surface area contributed by atoms with Crippen LogP contribution >= 0.6 is 0 Å². The number of carboxylic acid groups (broad SMARTS) is 1. The molecule has 1 aliphatic carbocycles. The molecule has 1 aliphatic rings. The summed E-state index contributed by atoms with van der Waals surface area (Å²) in [6.45, 7) is 0. The van der Waals surface area contributed by atoms with Crippen molar-refractivity contribution < 1.29 is 19.1 Å². The lowest BCUT2D eigenvalue weighted by molar-refractivity contribution is -0.139. The average Bonchev–Trinajstić information content (AvgIpc) is 3.08. The number of carbonyl (C=O) groups is 2. The lowest BCUT2D eigenvalue weighted by atomic mass is 10.2. The first-order valence-electron chi connectivity index (χ1n) is 5.26. The van der Waals surface area contributed by atoms with Gasteiger partial charge in [-0.1, -0.05) is 0 Å². The number of hydrogen-bond donors (Lipinski definition) is 1. The molecule has 1 N–H and O–H groups in total. The van der Waals surface area contributed by atoms with Gasteiger partial charge in [-0.15, -0.1) is 0 Å². The first-order chi connectivity index (χ1) is 8.00. The van der Waals surface area contributed by atoms with Crippen molar-refractivity contribution in [2.75, 3.05) is 11.9 Å². The number of amides is 1. The van der Waals surface area contributed by atoms with Crippen LogP contribution in [0.25, 0.3) is 0 Å². The van der Waals surface area contributed by atoms with E-state index in [1.165, 1.54) is 29.2 Å². The summed E-state index contributed by atoms with van der Waals surface area (Å²) in [7, 11) is 1.56. The van der Waals surface area contributed by atoms with Crippen LogP contribution in [0.4, 0.5) is 10.1 Å². The van der Waals surface area contributed by atoms with Crippen molar-refractivity contribution >= 4 is 17.6 Å². The fourth-order valence-electron chi connectivity index (χ4n) is 1.78. The molecule has 0 saturated heterocycles. The molecule has 0 radical (unpaired) electrons. The maximum absolute atomic E-state index is 12.7. The minimum absolute atomic E-state index is 0.232. The van der Waals surface area contributed by atoms with E-state index in [1.54, 1.807) is 7.05 Å². The summed E-state index contributed by atoms with van der Waals surface area (Å²) < 4.78 is 12.7. The van der Waals surface area contributed by atoms with Crippen molar-refractivity contribution in [2.24, 2.45) is 11.8 Å². The third-order valence-corrected chi connectivity index (χ3v) is 2.97. The van der Waals surface area contributed by atoms with Gasteiger partial charge in [-0.05, 0) is 30.7 Å². The average molecular weight is 237 g/mol. The van der Waals surface area contributed by atoms with Crippen LogP contribution in [0.3, 0.4) is 0 Å². The highest BCUT2D eigenvalue weighted by Gasteiger charge is 2.49. The highest BCUT2D eigenvalue weighted by Crippen LogP contribution is 2.40. The third-order valence-electron chi connectivity index (χ3n) is 2.97. The second kappa shape index (κ2) is 4.16. The minimum Gasteiger partial charge on any atom is -0.481 e. The summed E-state index contributed by atoms with van der Waals surface area (Å²) in [6, 6.07) is 5.51. The van der Waals surface area contributed by atoms with Crippen LogP contribution in [0.5, 0.6) is 0 Å².